The topological polar surface area (TPSA) is 100 Å². The van der Waals surface area contributed by atoms with E-state index in [-0.39, 0.29) is 23.7 Å². The number of nitrogens with one attached hydrogen (secondary N) is 1. The lowest BCUT2D eigenvalue weighted by Gasteiger charge is -2.26. The van der Waals surface area contributed by atoms with Crippen molar-refractivity contribution < 1.29 is 33.3 Å². The molecule has 1 amide bonds. The van der Waals surface area contributed by atoms with Crippen LogP contribution in [0.5, 0.6) is 0 Å². The van der Waals surface area contributed by atoms with Crippen LogP contribution >= 0.6 is 22.6 Å². The average Bonchev–Trinajstić information content (AvgIpc) is 2.63. The van der Waals surface area contributed by atoms with Gasteiger partial charge in [-0.15, -0.1) is 0 Å². The van der Waals surface area contributed by atoms with E-state index in [9.17, 15) is 14.4 Å². The van der Waals surface area contributed by atoms with E-state index >= 15 is 0 Å². The Morgan fingerprint density at radius 1 is 1.07 bits per heavy atom. The first-order valence-corrected chi connectivity index (χ1v) is 10.2. The summed E-state index contributed by atoms with van der Waals surface area (Å²) in [6, 6.07) is 8.29. The predicted octanol–water partition coefficient (Wildman–Crippen LogP) is 3.80. The van der Waals surface area contributed by atoms with Crippen molar-refractivity contribution in [3.05, 3.63) is 35.9 Å². The molecule has 156 valence electrons. The number of rotatable bonds is 9. The van der Waals surface area contributed by atoms with Crippen LogP contribution in [0.15, 0.2) is 30.3 Å². The molecule has 1 aromatic rings. The van der Waals surface area contributed by atoms with Gasteiger partial charge in [0, 0.05) is 0 Å². The third kappa shape index (κ3) is 9.25. The SMILES string of the molecule is CC(C)[C@H](NC(=O)OCc1ccccc1)C(=O)OCC(C)(C)OC(=O)OCI. The zero-order chi connectivity index (χ0) is 21.2. The predicted molar refractivity (Wildman–Crippen MR) is 110 cm³/mol. The molecule has 0 saturated heterocycles. The summed E-state index contributed by atoms with van der Waals surface area (Å²) in [6.07, 6.45) is -1.57. The van der Waals surface area contributed by atoms with Gasteiger partial charge in [-0.2, -0.15) is 0 Å². The minimum atomic E-state index is -1.08. The highest BCUT2D eigenvalue weighted by molar-refractivity contribution is 14.1. The molecule has 0 spiro atoms. The third-order valence-corrected chi connectivity index (χ3v) is 3.81. The van der Waals surface area contributed by atoms with Gasteiger partial charge in [-0.05, 0) is 47.9 Å². The standard InChI is InChI=1S/C19H26INO7/c1-13(2)15(21-17(23)25-10-14-8-6-5-7-9-14)16(22)26-11-19(3,4)28-18(24)27-12-20/h5-9,13,15H,10-12H2,1-4H3,(H,21,23)/t15-/m0/s1. The van der Waals surface area contributed by atoms with Crippen molar-refractivity contribution >= 4 is 40.8 Å². The molecule has 1 aromatic carbocycles. The Bertz CT molecular complexity index is 649. The number of carbonyl (C=O) groups excluding carboxylic acids is 3. The molecule has 0 bridgehead atoms. The molecule has 0 aromatic heterocycles. The number of ether oxygens (including phenoxy) is 4. The Hall–Kier alpha value is -2.04. The maximum atomic E-state index is 12.4. The van der Waals surface area contributed by atoms with Crippen LogP contribution in [-0.4, -0.2) is 41.1 Å². The quantitative estimate of drug-likeness (QED) is 0.235. The van der Waals surface area contributed by atoms with Gasteiger partial charge in [-0.1, -0.05) is 44.2 Å². The maximum absolute atomic E-state index is 12.4. The Morgan fingerprint density at radius 2 is 1.71 bits per heavy atom. The lowest BCUT2D eigenvalue weighted by Crippen LogP contribution is -2.47. The summed E-state index contributed by atoms with van der Waals surface area (Å²) in [5.41, 5.74) is -0.243. The van der Waals surface area contributed by atoms with Gasteiger partial charge in [-0.3, -0.25) is 0 Å². The van der Waals surface area contributed by atoms with Gasteiger partial charge < -0.3 is 24.3 Å². The van der Waals surface area contributed by atoms with Crippen molar-refractivity contribution in [1.82, 2.24) is 5.32 Å². The highest BCUT2D eigenvalue weighted by Gasteiger charge is 2.31. The van der Waals surface area contributed by atoms with Crippen molar-refractivity contribution in [3.63, 3.8) is 0 Å². The Labute approximate surface area is 178 Å². The molecule has 0 unspecified atom stereocenters. The number of alkyl halides is 1. The van der Waals surface area contributed by atoms with E-state index in [1.165, 1.54) is 0 Å². The largest absolute Gasteiger partial charge is 0.509 e. The van der Waals surface area contributed by atoms with E-state index in [1.807, 2.05) is 52.9 Å². The lowest BCUT2D eigenvalue weighted by molar-refractivity contribution is -0.154. The molecule has 1 rings (SSSR count). The minimum Gasteiger partial charge on any atom is -0.460 e. The first-order chi connectivity index (χ1) is 13.1. The summed E-state index contributed by atoms with van der Waals surface area (Å²) in [5.74, 6) is -0.879. The number of benzene rings is 1. The Kier molecular flexibility index (Phi) is 10.0. The highest BCUT2D eigenvalue weighted by Crippen LogP contribution is 2.13. The molecular weight excluding hydrogens is 481 g/mol. The number of alkyl carbamates (subject to hydrolysis) is 1. The van der Waals surface area contributed by atoms with E-state index in [0.717, 1.165) is 5.56 Å². The maximum Gasteiger partial charge on any atom is 0.509 e. The fourth-order valence-electron chi connectivity index (χ4n) is 2.05. The van der Waals surface area contributed by atoms with Crippen LogP contribution in [0.25, 0.3) is 0 Å². The first kappa shape index (κ1) is 24.0. The zero-order valence-electron chi connectivity index (χ0n) is 16.4. The van der Waals surface area contributed by atoms with Gasteiger partial charge in [0.05, 0.1) is 0 Å². The number of esters is 1. The number of carbonyl (C=O) groups is 3. The second-order valence-corrected chi connectivity index (χ2v) is 7.52. The molecule has 0 aliphatic carbocycles. The molecule has 8 nitrogen and oxygen atoms in total. The molecule has 0 saturated carbocycles. The number of hydrogen-bond acceptors (Lipinski definition) is 7. The summed E-state index contributed by atoms with van der Waals surface area (Å²) in [5, 5.41) is 2.51. The van der Waals surface area contributed by atoms with Crippen molar-refractivity contribution in [2.24, 2.45) is 5.92 Å². The normalized spacial score (nSPS) is 12.1. The van der Waals surface area contributed by atoms with E-state index in [0.29, 0.717) is 0 Å². The van der Waals surface area contributed by atoms with Gasteiger partial charge >= 0.3 is 18.2 Å². The molecule has 0 aliphatic heterocycles. The van der Waals surface area contributed by atoms with Crippen molar-refractivity contribution in [2.45, 2.75) is 45.9 Å². The van der Waals surface area contributed by atoms with E-state index in [2.05, 4.69) is 5.32 Å². The zero-order valence-corrected chi connectivity index (χ0v) is 18.6. The molecule has 0 heterocycles. The summed E-state index contributed by atoms with van der Waals surface area (Å²) in [7, 11) is 0. The summed E-state index contributed by atoms with van der Waals surface area (Å²) in [4.78, 5) is 35.8. The fraction of sp³-hybridized carbons (Fsp3) is 0.526. The number of halogens is 1. The van der Waals surface area contributed by atoms with Crippen LogP contribution in [0, 0.1) is 5.92 Å². The van der Waals surface area contributed by atoms with Gasteiger partial charge in [0.1, 0.15) is 29.5 Å². The van der Waals surface area contributed by atoms with Gasteiger partial charge in [0.15, 0.2) is 0 Å². The van der Waals surface area contributed by atoms with Crippen LogP contribution in [0.3, 0.4) is 0 Å². The van der Waals surface area contributed by atoms with Crippen LogP contribution in [0.2, 0.25) is 0 Å². The number of hydrogen-bond donors (Lipinski definition) is 1. The number of amides is 1. The average molecular weight is 507 g/mol. The van der Waals surface area contributed by atoms with E-state index < -0.39 is 29.9 Å². The van der Waals surface area contributed by atoms with Crippen molar-refractivity contribution in [3.8, 4) is 0 Å². The molecule has 1 atom stereocenters. The van der Waals surface area contributed by atoms with Crippen molar-refractivity contribution in [2.75, 3.05) is 11.2 Å². The van der Waals surface area contributed by atoms with Gasteiger partial charge in [0.25, 0.3) is 0 Å². The van der Waals surface area contributed by atoms with Crippen LogP contribution < -0.4 is 5.32 Å². The van der Waals surface area contributed by atoms with Crippen LogP contribution in [-0.2, 0) is 30.3 Å². The minimum absolute atomic E-state index is 0.0896. The highest BCUT2D eigenvalue weighted by atomic mass is 127. The monoisotopic (exact) mass is 507 g/mol. The fourth-order valence-corrected chi connectivity index (χ4v) is 2.31. The molecule has 0 radical (unpaired) electrons. The Balaban J connectivity index is 2.53. The molecular formula is C19H26INO7. The van der Waals surface area contributed by atoms with Crippen molar-refractivity contribution in [1.29, 1.82) is 0 Å². The smallest absolute Gasteiger partial charge is 0.460 e. The van der Waals surface area contributed by atoms with Gasteiger partial charge in [-0.25, -0.2) is 14.4 Å². The first-order valence-electron chi connectivity index (χ1n) is 8.70. The second kappa shape index (κ2) is 11.7. The molecule has 9 heteroatoms. The third-order valence-electron chi connectivity index (χ3n) is 3.50. The van der Waals surface area contributed by atoms with Gasteiger partial charge in [0.2, 0.25) is 0 Å². The van der Waals surface area contributed by atoms with Crippen LogP contribution in [0.4, 0.5) is 9.59 Å². The summed E-state index contributed by atoms with van der Waals surface area (Å²) in [6.45, 7) is 6.60. The second-order valence-electron chi connectivity index (χ2n) is 6.90. The lowest BCUT2D eigenvalue weighted by atomic mass is 10.0. The molecule has 0 aliphatic rings. The summed E-state index contributed by atoms with van der Waals surface area (Å²) < 4.78 is 20.3. The van der Waals surface area contributed by atoms with Crippen LogP contribution in [0.1, 0.15) is 33.3 Å². The molecule has 0 fully saturated rings. The molecule has 1 N–H and O–H groups in total. The molecule has 28 heavy (non-hydrogen) atoms. The Morgan fingerprint density at radius 3 is 2.29 bits per heavy atom. The van der Waals surface area contributed by atoms with E-state index in [1.54, 1.807) is 27.7 Å². The summed E-state index contributed by atoms with van der Waals surface area (Å²) >= 11 is 1.86. The van der Waals surface area contributed by atoms with E-state index in [4.69, 9.17) is 18.9 Å².